The van der Waals surface area contributed by atoms with E-state index in [0.29, 0.717) is 10.9 Å². The van der Waals surface area contributed by atoms with Gasteiger partial charge in [-0.3, -0.25) is 9.59 Å². The number of thiazole rings is 1. The monoisotopic (exact) mass is 285 g/mol. The lowest BCUT2D eigenvalue weighted by Gasteiger charge is -2.30. The number of amides is 1. The molecule has 1 aliphatic rings. The number of aromatic nitrogens is 1. The lowest BCUT2D eigenvalue weighted by atomic mass is 10.1. The number of carbonyl (C=O) groups is 2. The molecule has 5 nitrogen and oxygen atoms in total. The van der Waals surface area contributed by atoms with Crippen molar-refractivity contribution in [1.29, 1.82) is 0 Å². The van der Waals surface area contributed by atoms with Crippen LogP contribution < -0.4 is 10.6 Å². The maximum Gasteiger partial charge on any atom is 0.268 e. The maximum atomic E-state index is 11.0. The van der Waals surface area contributed by atoms with Gasteiger partial charge in [0.15, 0.2) is 10.2 Å². The molecule has 98 valence electrons. The number of hydrogen-bond donors (Lipinski definition) is 1. The molecule has 1 saturated heterocycles. The van der Waals surface area contributed by atoms with Gasteiger partial charge in [-0.15, -0.1) is 11.3 Å². The predicted molar refractivity (Wildman–Crippen MR) is 74.1 cm³/mol. The number of piperidine rings is 1. The Hall–Kier alpha value is -1.08. The quantitative estimate of drug-likeness (QED) is 0.910. The van der Waals surface area contributed by atoms with E-state index >= 15 is 0 Å². The van der Waals surface area contributed by atoms with E-state index in [-0.39, 0.29) is 5.12 Å². The summed E-state index contributed by atoms with van der Waals surface area (Å²) in [5.74, 6) is -0.487. The van der Waals surface area contributed by atoms with Crippen LogP contribution in [-0.4, -0.2) is 34.3 Å². The van der Waals surface area contributed by atoms with Crippen molar-refractivity contribution in [2.75, 3.05) is 18.0 Å². The molecule has 1 amide bonds. The van der Waals surface area contributed by atoms with Crippen molar-refractivity contribution < 1.29 is 9.59 Å². The highest BCUT2D eigenvalue weighted by molar-refractivity contribution is 8.14. The van der Waals surface area contributed by atoms with Crippen LogP contribution in [0.3, 0.4) is 0 Å². The van der Waals surface area contributed by atoms with Crippen LogP contribution in [0, 0.1) is 0 Å². The molecule has 0 aliphatic carbocycles. The fraction of sp³-hybridized carbons (Fsp3) is 0.545. The summed E-state index contributed by atoms with van der Waals surface area (Å²) in [5, 5.41) is 3.12. The predicted octanol–water partition coefficient (Wildman–Crippen LogP) is 1.49. The molecular formula is C11H15N3O2S2. The average Bonchev–Trinajstić information content (AvgIpc) is 2.78. The zero-order valence-corrected chi connectivity index (χ0v) is 11.7. The maximum absolute atomic E-state index is 11.0. The molecule has 1 fully saturated rings. The van der Waals surface area contributed by atoms with Crippen LogP contribution in [0.5, 0.6) is 0 Å². The van der Waals surface area contributed by atoms with Crippen LogP contribution in [0.15, 0.2) is 5.38 Å². The minimum Gasteiger partial charge on any atom is -0.364 e. The summed E-state index contributed by atoms with van der Waals surface area (Å²) in [7, 11) is 0. The van der Waals surface area contributed by atoms with Gasteiger partial charge in [0.25, 0.3) is 5.91 Å². The second-order valence-corrected chi connectivity index (χ2v) is 6.49. The fourth-order valence-corrected chi connectivity index (χ4v) is 3.71. The Morgan fingerprint density at radius 1 is 1.50 bits per heavy atom. The van der Waals surface area contributed by atoms with Gasteiger partial charge in [-0.1, -0.05) is 11.8 Å². The molecule has 0 bridgehead atoms. The number of rotatable bonds is 3. The summed E-state index contributed by atoms with van der Waals surface area (Å²) in [6.45, 7) is 3.35. The van der Waals surface area contributed by atoms with Gasteiger partial charge in [0.1, 0.15) is 5.69 Å². The first-order chi connectivity index (χ1) is 8.56. The first kappa shape index (κ1) is 13.4. The Labute approximate surface area is 114 Å². The van der Waals surface area contributed by atoms with E-state index in [0.717, 1.165) is 31.1 Å². The van der Waals surface area contributed by atoms with E-state index in [9.17, 15) is 9.59 Å². The molecule has 0 unspecified atom stereocenters. The summed E-state index contributed by atoms with van der Waals surface area (Å²) in [5.41, 5.74) is 5.51. The van der Waals surface area contributed by atoms with Gasteiger partial charge in [0.05, 0.1) is 0 Å². The van der Waals surface area contributed by atoms with E-state index in [1.165, 1.54) is 23.1 Å². The van der Waals surface area contributed by atoms with Gasteiger partial charge in [0.2, 0.25) is 0 Å². The summed E-state index contributed by atoms with van der Waals surface area (Å²) >= 11 is 2.87. The van der Waals surface area contributed by atoms with Crippen molar-refractivity contribution in [3.8, 4) is 0 Å². The Morgan fingerprint density at radius 2 is 2.17 bits per heavy atom. The van der Waals surface area contributed by atoms with Crippen molar-refractivity contribution >= 4 is 39.3 Å². The van der Waals surface area contributed by atoms with Crippen molar-refractivity contribution in [2.45, 2.75) is 25.0 Å². The second-order valence-electron chi connectivity index (χ2n) is 4.18. The smallest absolute Gasteiger partial charge is 0.268 e. The van der Waals surface area contributed by atoms with Gasteiger partial charge in [-0.25, -0.2) is 4.98 Å². The first-order valence-corrected chi connectivity index (χ1v) is 7.49. The molecule has 0 radical (unpaired) electrons. The van der Waals surface area contributed by atoms with Crippen LogP contribution in [0.4, 0.5) is 5.13 Å². The molecule has 2 heterocycles. The zero-order valence-electron chi connectivity index (χ0n) is 10.1. The Kier molecular flexibility index (Phi) is 4.23. The van der Waals surface area contributed by atoms with Crippen LogP contribution in [-0.2, 0) is 4.79 Å². The minimum atomic E-state index is -0.487. The Bertz CT molecular complexity index is 453. The molecule has 0 atom stereocenters. The highest BCUT2D eigenvalue weighted by atomic mass is 32.2. The third-order valence-corrected chi connectivity index (χ3v) is 4.83. The van der Waals surface area contributed by atoms with Gasteiger partial charge in [-0.05, 0) is 12.8 Å². The van der Waals surface area contributed by atoms with E-state index in [1.807, 2.05) is 0 Å². The summed E-state index contributed by atoms with van der Waals surface area (Å²) < 4.78 is 0. The van der Waals surface area contributed by atoms with Crippen molar-refractivity contribution in [2.24, 2.45) is 5.73 Å². The van der Waals surface area contributed by atoms with E-state index in [2.05, 4.69) is 9.88 Å². The van der Waals surface area contributed by atoms with Crippen molar-refractivity contribution in [1.82, 2.24) is 4.98 Å². The molecule has 1 aromatic heterocycles. The van der Waals surface area contributed by atoms with Crippen molar-refractivity contribution in [3.63, 3.8) is 0 Å². The van der Waals surface area contributed by atoms with E-state index in [1.54, 1.807) is 12.3 Å². The average molecular weight is 285 g/mol. The lowest BCUT2D eigenvalue weighted by Crippen LogP contribution is -2.35. The third-order valence-electron chi connectivity index (χ3n) is 2.79. The normalized spacial score (nSPS) is 16.8. The number of primary amides is 1. The summed E-state index contributed by atoms with van der Waals surface area (Å²) in [6, 6.07) is 0. The van der Waals surface area contributed by atoms with E-state index < -0.39 is 5.91 Å². The number of nitrogens with two attached hydrogens (primary N) is 1. The van der Waals surface area contributed by atoms with E-state index in [4.69, 9.17) is 5.73 Å². The van der Waals surface area contributed by atoms with Gasteiger partial charge in [-0.2, -0.15) is 0 Å². The van der Waals surface area contributed by atoms with Crippen LogP contribution in [0.2, 0.25) is 0 Å². The number of carbonyl (C=O) groups excluding carboxylic acids is 2. The van der Waals surface area contributed by atoms with Crippen LogP contribution >= 0.6 is 23.1 Å². The Morgan fingerprint density at radius 3 is 2.67 bits per heavy atom. The molecule has 1 aromatic rings. The molecule has 7 heteroatoms. The fourth-order valence-electron chi connectivity index (χ4n) is 1.92. The summed E-state index contributed by atoms with van der Waals surface area (Å²) in [6.07, 6.45) is 1.94. The molecule has 2 rings (SSSR count). The van der Waals surface area contributed by atoms with Crippen LogP contribution in [0.1, 0.15) is 30.3 Å². The SMILES string of the molecule is CC(=O)SC1CCN(c2nc(C(N)=O)cs2)CC1. The van der Waals surface area contributed by atoms with Gasteiger partial charge >= 0.3 is 0 Å². The highest BCUT2D eigenvalue weighted by Gasteiger charge is 2.23. The molecule has 0 aromatic carbocycles. The van der Waals surface area contributed by atoms with Gasteiger partial charge < -0.3 is 10.6 Å². The minimum absolute atomic E-state index is 0.179. The van der Waals surface area contributed by atoms with Crippen molar-refractivity contribution in [3.05, 3.63) is 11.1 Å². The number of anilines is 1. The third kappa shape index (κ3) is 3.23. The molecule has 0 spiro atoms. The first-order valence-electron chi connectivity index (χ1n) is 5.74. The molecule has 1 aliphatic heterocycles. The topological polar surface area (TPSA) is 76.3 Å². The largest absolute Gasteiger partial charge is 0.364 e. The zero-order chi connectivity index (χ0) is 13.1. The number of thioether (sulfide) groups is 1. The second kappa shape index (κ2) is 5.71. The highest BCUT2D eigenvalue weighted by Crippen LogP contribution is 2.28. The lowest BCUT2D eigenvalue weighted by molar-refractivity contribution is -0.109. The molecule has 0 saturated carbocycles. The standard InChI is InChI=1S/C11H15N3O2S2/c1-7(15)18-8-2-4-14(5-3-8)11-13-9(6-17-11)10(12)16/h6,8H,2-5H2,1H3,(H2,12,16). The molecule has 18 heavy (non-hydrogen) atoms. The van der Waals surface area contributed by atoms with Crippen LogP contribution in [0.25, 0.3) is 0 Å². The molecule has 2 N–H and O–H groups in total. The summed E-state index contributed by atoms with van der Waals surface area (Å²) in [4.78, 5) is 28.4. The number of nitrogens with zero attached hydrogens (tertiary/aromatic N) is 2. The number of hydrogen-bond acceptors (Lipinski definition) is 6. The van der Waals surface area contributed by atoms with Gasteiger partial charge in [0, 0.05) is 30.6 Å². The Balaban J connectivity index is 1.92. The molecular weight excluding hydrogens is 270 g/mol.